The Morgan fingerprint density at radius 1 is 0.529 bits per heavy atom. The summed E-state index contributed by atoms with van der Waals surface area (Å²) in [5.74, 6) is 0.888. The van der Waals surface area contributed by atoms with Crippen molar-refractivity contribution in [3.63, 3.8) is 0 Å². The highest BCUT2D eigenvalue weighted by Gasteiger charge is 2.11. The second-order valence-electron chi connectivity index (χ2n) is 9.34. The first-order valence-corrected chi connectivity index (χ1v) is 11.7. The minimum atomic E-state index is 0.432. The lowest BCUT2D eigenvalue weighted by Gasteiger charge is -2.13. The Balaban J connectivity index is 1.83. The van der Waals surface area contributed by atoms with Crippen LogP contribution in [0.3, 0.4) is 0 Å². The zero-order chi connectivity index (χ0) is 24.2. The number of rotatable bonds is 5. The summed E-state index contributed by atoms with van der Waals surface area (Å²) in [7, 11) is 0. The molecule has 0 radical (unpaired) electrons. The first-order valence-electron chi connectivity index (χ1n) is 11.7. The highest BCUT2D eigenvalue weighted by atomic mass is 14.3. The molecule has 0 spiro atoms. The van der Waals surface area contributed by atoms with Crippen LogP contribution in [0.15, 0.2) is 84.9 Å². The van der Waals surface area contributed by atoms with E-state index in [0.29, 0.717) is 23.0 Å². The van der Waals surface area contributed by atoms with Gasteiger partial charge in [0.15, 0.2) is 0 Å². The molecule has 2 heteroatoms. The third-order valence-electron chi connectivity index (χ3n) is 6.31. The first-order chi connectivity index (χ1) is 16.4. The van der Waals surface area contributed by atoms with E-state index in [-0.39, 0.29) is 0 Å². The van der Waals surface area contributed by atoms with Gasteiger partial charge in [-0.05, 0) is 81.1 Å². The van der Waals surface area contributed by atoms with E-state index in [0.717, 1.165) is 33.4 Å². The molecule has 4 aromatic rings. The highest BCUT2D eigenvalue weighted by Crippen LogP contribution is 2.34. The molecule has 0 saturated heterocycles. The van der Waals surface area contributed by atoms with Crippen LogP contribution in [0, 0.1) is 22.7 Å². The van der Waals surface area contributed by atoms with Gasteiger partial charge >= 0.3 is 0 Å². The molecular formula is C32H28N2. The smallest absolute Gasteiger partial charge is 0.0998 e. The Morgan fingerprint density at radius 3 is 1.74 bits per heavy atom. The van der Waals surface area contributed by atoms with Gasteiger partial charge in [-0.25, -0.2) is 0 Å². The van der Waals surface area contributed by atoms with Crippen LogP contribution in [-0.4, -0.2) is 0 Å². The second kappa shape index (κ2) is 9.78. The van der Waals surface area contributed by atoms with E-state index in [1.165, 1.54) is 11.1 Å². The quantitative estimate of drug-likeness (QED) is 0.312. The summed E-state index contributed by atoms with van der Waals surface area (Å²) in [6, 6.07) is 33.5. The topological polar surface area (TPSA) is 47.6 Å². The molecule has 2 nitrogen and oxygen atoms in total. The van der Waals surface area contributed by atoms with Gasteiger partial charge in [0.05, 0.1) is 23.3 Å². The van der Waals surface area contributed by atoms with Crippen LogP contribution in [-0.2, 0) is 0 Å². The summed E-state index contributed by atoms with van der Waals surface area (Å²) in [5, 5.41) is 19.5. The minimum absolute atomic E-state index is 0.432. The van der Waals surface area contributed by atoms with Gasteiger partial charge in [0.2, 0.25) is 0 Å². The Morgan fingerprint density at radius 2 is 1.15 bits per heavy atom. The van der Waals surface area contributed by atoms with Gasteiger partial charge in [0.25, 0.3) is 0 Å². The maximum Gasteiger partial charge on any atom is 0.0998 e. The van der Waals surface area contributed by atoms with E-state index < -0.39 is 0 Å². The molecule has 0 aliphatic carbocycles. The number of hydrogen-bond acceptors (Lipinski definition) is 2. The fraction of sp³-hybridized carbons (Fsp3) is 0.188. The Kier molecular flexibility index (Phi) is 6.62. The molecule has 0 fully saturated rings. The lowest BCUT2D eigenvalue weighted by atomic mass is 9.91. The molecule has 0 saturated carbocycles. The molecule has 0 aliphatic rings. The number of hydrogen-bond donors (Lipinski definition) is 0. The maximum absolute atomic E-state index is 9.74. The molecule has 4 aromatic carbocycles. The van der Waals surface area contributed by atoms with Crippen LogP contribution in [0.5, 0.6) is 0 Å². The van der Waals surface area contributed by atoms with Crippen molar-refractivity contribution in [3.05, 3.63) is 107 Å². The average Bonchev–Trinajstić information content (AvgIpc) is 2.88. The molecule has 0 heterocycles. The van der Waals surface area contributed by atoms with Crippen molar-refractivity contribution >= 4 is 0 Å². The van der Waals surface area contributed by atoms with Crippen molar-refractivity contribution in [1.82, 2.24) is 0 Å². The number of benzene rings is 4. The molecule has 0 atom stereocenters. The van der Waals surface area contributed by atoms with Gasteiger partial charge in [-0.15, -0.1) is 0 Å². The Labute approximate surface area is 202 Å². The molecule has 0 aromatic heterocycles. The molecule has 4 rings (SSSR count). The van der Waals surface area contributed by atoms with Crippen molar-refractivity contribution in [2.45, 2.75) is 39.5 Å². The van der Waals surface area contributed by atoms with E-state index in [1.807, 2.05) is 24.3 Å². The zero-order valence-corrected chi connectivity index (χ0v) is 20.1. The van der Waals surface area contributed by atoms with Gasteiger partial charge < -0.3 is 0 Å². The molecule has 0 bridgehead atoms. The summed E-state index contributed by atoms with van der Waals surface area (Å²) < 4.78 is 0. The van der Waals surface area contributed by atoms with Gasteiger partial charge in [0.1, 0.15) is 0 Å². The Hall–Kier alpha value is -4.14. The van der Waals surface area contributed by atoms with Crippen molar-refractivity contribution < 1.29 is 0 Å². The van der Waals surface area contributed by atoms with Crippen LogP contribution in [0.2, 0.25) is 0 Å². The zero-order valence-electron chi connectivity index (χ0n) is 20.1. The van der Waals surface area contributed by atoms with Crippen LogP contribution < -0.4 is 0 Å². The maximum atomic E-state index is 9.74. The van der Waals surface area contributed by atoms with Gasteiger partial charge in [-0.3, -0.25) is 0 Å². The SMILES string of the molecule is CC(C)c1ccc(-c2cc(-c3cc(C#N)cc(-c4cccc(C(C)C)c4)c3)ccc2C#N)cc1. The number of nitrogens with zero attached hydrogens (tertiary/aromatic N) is 2. The third kappa shape index (κ3) is 4.78. The lowest BCUT2D eigenvalue weighted by Crippen LogP contribution is -1.91. The molecule has 0 aliphatic heterocycles. The van der Waals surface area contributed by atoms with Crippen molar-refractivity contribution in [2.24, 2.45) is 0 Å². The number of nitriles is 2. The van der Waals surface area contributed by atoms with E-state index in [9.17, 15) is 10.5 Å². The molecule has 0 amide bonds. The second-order valence-corrected chi connectivity index (χ2v) is 9.34. The molecule has 0 unspecified atom stereocenters. The third-order valence-corrected chi connectivity index (χ3v) is 6.31. The lowest BCUT2D eigenvalue weighted by molar-refractivity contribution is 0.867. The summed E-state index contributed by atoms with van der Waals surface area (Å²) in [6.45, 7) is 8.71. The van der Waals surface area contributed by atoms with Gasteiger partial charge in [-0.1, -0.05) is 82.3 Å². The molecule has 0 N–H and O–H groups in total. The van der Waals surface area contributed by atoms with Crippen molar-refractivity contribution in [1.29, 1.82) is 10.5 Å². The van der Waals surface area contributed by atoms with Crippen LogP contribution in [0.25, 0.3) is 33.4 Å². The van der Waals surface area contributed by atoms with Crippen LogP contribution in [0.4, 0.5) is 0 Å². The largest absolute Gasteiger partial charge is 0.192 e. The average molecular weight is 441 g/mol. The fourth-order valence-electron chi connectivity index (χ4n) is 4.21. The monoisotopic (exact) mass is 440 g/mol. The van der Waals surface area contributed by atoms with Crippen molar-refractivity contribution in [3.8, 4) is 45.5 Å². The molecule has 34 heavy (non-hydrogen) atoms. The van der Waals surface area contributed by atoms with E-state index in [4.69, 9.17) is 0 Å². The van der Waals surface area contributed by atoms with Gasteiger partial charge in [-0.2, -0.15) is 10.5 Å². The van der Waals surface area contributed by atoms with E-state index >= 15 is 0 Å². The van der Waals surface area contributed by atoms with E-state index in [2.05, 4.69) is 100 Å². The molecule has 166 valence electrons. The molecular weight excluding hydrogens is 412 g/mol. The normalized spacial score (nSPS) is 10.8. The van der Waals surface area contributed by atoms with Crippen molar-refractivity contribution in [2.75, 3.05) is 0 Å². The minimum Gasteiger partial charge on any atom is -0.192 e. The van der Waals surface area contributed by atoms with Gasteiger partial charge in [0, 0.05) is 5.56 Å². The summed E-state index contributed by atoms with van der Waals surface area (Å²) in [4.78, 5) is 0. The predicted octanol–water partition coefficient (Wildman–Crippen LogP) is 8.68. The fourth-order valence-corrected chi connectivity index (χ4v) is 4.21. The van der Waals surface area contributed by atoms with E-state index in [1.54, 1.807) is 0 Å². The summed E-state index contributed by atoms with van der Waals surface area (Å²) in [6.07, 6.45) is 0. The summed E-state index contributed by atoms with van der Waals surface area (Å²) in [5.41, 5.74) is 9.79. The van der Waals surface area contributed by atoms with Crippen LogP contribution in [0.1, 0.15) is 61.8 Å². The first kappa shape index (κ1) is 23.0. The summed E-state index contributed by atoms with van der Waals surface area (Å²) >= 11 is 0. The Bertz CT molecular complexity index is 1410. The standard InChI is InChI=1S/C32H28N2/c1-21(2)24-8-10-25(11-9-24)32-18-28(12-13-29(32)20-34)31-15-23(19-33)14-30(17-31)27-7-5-6-26(16-27)22(3)4/h5-18,21-22H,1-4H3. The van der Waals surface area contributed by atoms with Crippen LogP contribution >= 0.6 is 0 Å². The predicted molar refractivity (Wildman–Crippen MR) is 140 cm³/mol. The highest BCUT2D eigenvalue weighted by molar-refractivity contribution is 5.81.